The van der Waals surface area contributed by atoms with Gasteiger partial charge in [0.2, 0.25) is 0 Å². The lowest BCUT2D eigenvalue weighted by Crippen LogP contribution is -2.11. The topological polar surface area (TPSA) is 112 Å². The number of benzene rings is 2. The Morgan fingerprint density at radius 2 is 1.68 bits per heavy atom. The molecule has 0 spiro atoms. The minimum atomic E-state index is -0.296. The van der Waals surface area contributed by atoms with Gasteiger partial charge >= 0.3 is 0 Å². The molecule has 0 aliphatic carbocycles. The summed E-state index contributed by atoms with van der Waals surface area (Å²) in [6, 6.07) is 24.8. The second kappa shape index (κ2) is 9.55. The van der Waals surface area contributed by atoms with Crippen LogP contribution < -0.4 is 5.32 Å². The maximum atomic E-state index is 13.5. The van der Waals surface area contributed by atoms with Crippen LogP contribution in [0, 0.1) is 5.82 Å². The summed E-state index contributed by atoms with van der Waals surface area (Å²) in [4.78, 5) is 29.8. The minimum Gasteiger partial charge on any atom is -0.353 e. The second-order valence-electron chi connectivity index (χ2n) is 9.26. The molecule has 3 N–H and O–H groups in total. The van der Waals surface area contributed by atoms with Crippen LogP contribution in [0.4, 0.5) is 10.1 Å². The third-order valence-corrected chi connectivity index (χ3v) is 6.66. The van der Waals surface area contributed by atoms with Crippen molar-refractivity contribution >= 4 is 33.5 Å². The van der Waals surface area contributed by atoms with Crippen molar-refractivity contribution in [3.05, 3.63) is 115 Å². The molecule has 0 radical (unpaired) electrons. The van der Waals surface area contributed by atoms with Gasteiger partial charge in [-0.2, -0.15) is 5.10 Å². The molecule has 5 aromatic heterocycles. The number of amides is 1. The molecule has 2 aromatic carbocycles. The van der Waals surface area contributed by atoms with Gasteiger partial charge in [-0.1, -0.05) is 18.2 Å². The molecular weight excluding hydrogens is 505 g/mol. The van der Waals surface area contributed by atoms with Crippen LogP contribution in [-0.4, -0.2) is 36.0 Å². The van der Waals surface area contributed by atoms with Crippen LogP contribution in [0.25, 0.3) is 55.8 Å². The van der Waals surface area contributed by atoms with Crippen LogP contribution in [-0.2, 0) is 0 Å². The molecule has 0 unspecified atom stereocenters. The number of hydrogen-bond donors (Lipinski definition) is 3. The summed E-state index contributed by atoms with van der Waals surface area (Å²) in [6.45, 7) is 0. The number of carbonyl (C=O) groups is 1. The molecule has 5 heterocycles. The van der Waals surface area contributed by atoms with Crippen molar-refractivity contribution < 1.29 is 9.18 Å². The maximum Gasteiger partial charge on any atom is 0.255 e. The molecule has 0 aliphatic rings. The molecule has 0 bridgehead atoms. The van der Waals surface area contributed by atoms with Crippen LogP contribution >= 0.6 is 0 Å². The Labute approximate surface area is 227 Å². The Balaban J connectivity index is 1.25. The van der Waals surface area contributed by atoms with Gasteiger partial charge in [-0.05, 0) is 66.7 Å². The fourth-order valence-corrected chi connectivity index (χ4v) is 4.71. The number of nitrogens with zero attached hydrogens (tertiary/aromatic N) is 4. The molecule has 40 heavy (non-hydrogen) atoms. The lowest BCUT2D eigenvalue weighted by Gasteiger charge is -2.07. The number of fused-ring (bicyclic) bond motifs is 2. The first-order valence-electron chi connectivity index (χ1n) is 12.5. The summed E-state index contributed by atoms with van der Waals surface area (Å²) < 4.78 is 13.5. The summed E-state index contributed by atoms with van der Waals surface area (Å²) in [7, 11) is 0. The van der Waals surface area contributed by atoms with Crippen LogP contribution in [0.3, 0.4) is 0 Å². The maximum absolute atomic E-state index is 13.5. The third kappa shape index (κ3) is 4.25. The molecule has 192 valence electrons. The Kier molecular flexibility index (Phi) is 5.59. The first kappa shape index (κ1) is 23.4. The molecule has 0 fully saturated rings. The normalized spacial score (nSPS) is 11.2. The van der Waals surface area contributed by atoms with Crippen LogP contribution in [0.1, 0.15) is 10.4 Å². The van der Waals surface area contributed by atoms with E-state index in [1.165, 1.54) is 12.1 Å². The van der Waals surface area contributed by atoms with E-state index in [-0.39, 0.29) is 11.7 Å². The smallest absolute Gasteiger partial charge is 0.255 e. The number of halogens is 1. The predicted octanol–water partition coefficient (Wildman–Crippen LogP) is 6.62. The van der Waals surface area contributed by atoms with Crippen molar-refractivity contribution in [3.63, 3.8) is 0 Å². The van der Waals surface area contributed by atoms with Gasteiger partial charge in [-0.15, -0.1) is 0 Å². The zero-order valence-corrected chi connectivity index (χ0v) is 20.9. The molecule has 7 aromatic rings. The zero-order valence-electron chi connectivity index (χ0n) is 20.9. The standard InChI is InChI=1S/C31H20FN7O/c32-21-8-6-18(7-9-21)28-23-15-27(36-25(23)12-13-34-28)30-29-26(38-39-30)11-10-24(37-29)20-14-22(17-33-16-20)35-31(40)19-4-2-1-3-5-19/h1-17,36H,(H,35,40)(H,38,39). The Morgan fingerprint density at radius 1 is 0.825 bits per heavy atom. The number of nitrogens with one attached hydrogen (secondary N) is 3. The third-order valence-electron chi connectivity index (χ3n) is 6.66. The molecule has 0 aliphatic heterocycles. The minimum absolute atomic E-state index is 0.214. The Bertz CT molecular complexity index is 2010. The van der Waals surface area contributed by atoms with E-state index in [4.69, 9.17) is 4.98 Å². The van der Waals surface area contributed by atoms with E-state index in [0.717, 1.165) is 38.9 Å². The average Bonchev–Trinajstić information content (AvgIpc) is 3.62. The van der Waals surface area contributed by atoms with Crippen molar-refractivity contribution in [2.24, 2.45) is 0 Å². The quantitative estimate of drug-likeness (QED) is 0.234. The first-order chi connectivity index (χ1) is 19.6. The van der Waals surface area contributed by atoms with Gasteiger partial charge < -0.3 is 10.3 Å². The van der Waals surface area contributed by atoms with E-state index in [9.17, 15) is 9.18 Å². The highest BCUT2D eigenvalue weighted by Gasteiger charge is 2.16. The van der Waals surface area contributed by atoms with Gasteiger partial charge in [0, 0.05) is 40.0 Å². The Morgan fingerprint density at radius 3 is 2.52 bits per heavy atom. The lowest BCUT2D eigenvalue weighted by atomic mass is 10.1. The van der Waals surface area contributed by atoms with Crippen LogP contribution in [0.2, 0.25) is 0 Å². The fourth-order valence-electron chi connectivity index (χ4n) is 4.71. The van der Waals surface area contributed by atoms with Crippen molar-refractivity contribution in [1.82, 2.24) is 30.1 Å². The van der Waals surface area contributed by atoms with Gasteiger partial charge in [0.15, 0.2) is 0 Å². The molecule has 8 nitrogen and oxygen atoms in total. The number of aromatic nitrogens is 6. The monoisotopic (exact) mass is 525 g/mol. The largest absolute Gasteiger partial charge is 0.353 e. The van der Waals surface area contributed by atoms with E-state index in [0.29, 0.717) is 28.2 Å². The number of anilines is 1. The molecule has 7 rings (SSSR count). The Hall–Kier alpha value is -5.70. The highest BCUT2D eigenvalue weighted by Crippen LogP contribution is 2.33. The molecule has 0 saturated heterocycles. The van der Waals surface area contributed by atoms with Gasteiger partial charge in [0.1, 0.15) is 17.0 Å². The van der Waals surface area contributed by atoms with Crippen molar-refractivity contribution in [2.45, 2.75) is 0 Å². The van der Waals surface area contributed by atoms with E-state index < -0.39 is 0 Å². The number of rotatable bonds is 5. The second-order valence-corrected chi connectivity index (χ2v) is 9.26. The molecule has 9 heteroatoms. The average molecular weight is 526 g/mol. The lowest BCUT2D eigenvalue weighted by molar-refractivity contribution is 0.102. The van der Waals surface area contributed by atoms with Crippen molar-refractivity contribution in [1.29, 1.82) is 0 Å². The number of H-pyrrole nitrogens is 2. The fraction of sp³-hybridized carbons (Fsp3) is 0. The first-order valence-corrected chi connectivity index (χ1v) is 12.5. The van der Waals surface area contributed by atoms with E-state index in [2.05, 4.69) is 30.5 Å². The molecule has 0 atom stereocenters. The van der Waals surface area contributed by atoms with Crippen molar-refractivity contribution in [2.75, 3.05) is 5.32 Å². The highest BCUT2D eigenvalue weighted by molar-refractivity contribution is 6.04. The van der Waals surface area contributed by atoms with Crippen LogP contribution in [0.15, 0.2) is 104 Å². The summed E-state index contributed by atoms with van der Waals surface area (Å²) in [5.41, 5.74) is 7.87. The summed E-state index contributed by atoms with van der Waals surface area (Å²) in [6.07, 6.45) is 5.02. The number of hydrogen-bond acceptors (Lipinski definition) is 5. The number of aromatic amines is 2. The van der Waals surface area contributed by atoms with E-state index >= 15 is 0 Å². The molecule has 0 saturated carbocycles. The predicted molar refractivity (Wildman–Crippen MR) is 152 cm³/mol. The summed E-state index contributed by atoms with van der Waals surface area (Å²) >= 11 is 0. The van der Waals surface area contributed by atoms with Crippen LogP contribution in [0.5, 0.6) is 0 Å². The van der Waals surface area contributed by atoms with E-state index in [1.54, 1.807) is 42.9 Å². The SMILES string of the molecule is O=C(Nc1cncc(-c2ccc3[nH]nc(-c4cc5c(-c6ccc(F)cc6)nccc5[nH]4)c3n2)c1)c1ccccc1. The van der Waals surface area contributed by atoms with Gasteiger partial charge in [0.05, 0.1) is 34.5 Å². The summed E-state index contributed by atoms with van der Waals surface area (Å²) in [5, 5.41) is 11.4. The highest BCUT2D eigenvalue weighted by atomic mass is 19.1. The van der Waals surface area contributed by atoms with E-state index in [1.807, 2.05) is 48.5 Å². The van der Waals surface area contributed by atoms with Gasteiger partial charge in [-0.3, -0.25) is 19.9 Å². The molecule has 1 amide bonds. The van der Waals surface area contributed by atoms with Crippen molar-refractivity contribution in [3.8, 4) is 33.9 Å². The number of carbonyl (C=O) groups excluding carboxylic acids is 1. The van der Waals surface area contributed by atoms with Gasteiger partial charge in [0.25, 0.3) is 5.91 Å². The molecular formula is C31H20FN7O. The zero-order chi connectivity index (χ0) is 27.1. The summed E-state index contributed by atoms with van der Waals surface area (Å²) in [5.74, 6) is -0.511. The van der Waals surface area contributed by atoms with Gasteiger partial charge in [-0.25, -0.2) is 9.37 Å². The number of pyridine rings is 3.